The normalized spacial score (nSPS) is 17.5. The van der Waals surface area contributed by atoms with Crippen LogP contribution in [0.2, 0.25) is 0 Å². The fraction of sp³-hybridized carbons (Fsp3) is 0.300. The van der Waals surface area contributed by atoms with Crippen molar-refractivity contribution >= 4 is 23.8 Å². The maximum absolute atomic E-state index is 11.7. The molecule has 7 heteroatoms. The summed E-state index contributed by atoms with van der Waals surface area (Å²) in [6, 6.07) is 0. The largest absolute Gasteiger partial charge is 0.367 e. The van der Waals surface area contributed by atoms with Crippen molar-refractivity contribution in [2.45, 2.75) is 6.42 Å². The first-order chi connectivity index (χ1) is 8.04. The van der Waals surface area contributed by atoms with Crippen molar-refractivity contribution in [1.82, 2.24) is 9.13 Å². The van der Waals surface area contributed by atoms with Gasteiger partial charge in [0.1, 0.15) is 0 Å². The van der Waals surface area contributed by atoms with Crippen molar-refractivity contribution in [3.63, 3.8) is 0 Å². The highest BCUT2D eigenvalue weighted by Gasteiger charge is 2.09. The van der Waals surface area contributed by atoms with Gasteiger partial charge in [-0.1, -0.05) is 6.08 Å². The van der Waals surface area contributed by atoms with E-state index in [1.54, 1.807) is 23.2 Å². The molecule has 1 aromatic rings. The molecule has 0 bridgehead atoms. The molecule has 1 aliphatic carbocycles. The summed E-state index contributed by atoms with van der Waals surface area (Å²) in [4.78, 5) is 15.8. The molecule has 0 amide bonds. The van der Waals surface area contributed by atoms with Gasteiger partial charge in [-0.05, 0) is 6.08 Å². The van der Waals surface area contributed by atoms with Crippen LogP contribution >= 0.6 is 0 Å². The van der Waals surface area contributed by atoms with Crippen molar-refractivity contribution in [3.05, 3.63) is 21.2 Å². The number of aromatic nitrogens is 2. The zero-order chi connectivity index (χ0) is 12.6. The molecule has 4 N–H and O–H groups in total. The summed E-state index contributed by atoms with van der Waals surface area (Å²) in [7, 11) is 3.46. The molecular weight excluding hydrogens is 220 g/mol. The van der Waals surface area contributed by atoms with Gasteiger partial charge in [-0.25, -0.2) is 9.79 Å². The molecule has 2 rings (SSSR count). The Morgan fingerprint density at radius 3 is 2.65 bits per heavy atom. The molecule has 0 radical (unpaired) electrons. The summed E-state index contributed by atoms with van der Waals surface area (Å²) in [6.45, 7) is 0. The van der Waals surface area contributed by atoms with E-state index in [1.165, 1.54) is 0 Å². The Labute approximate surface area is 97.1 Å². The highest BCUT2D eigenvalue weighted by atomic mass is 16.1. The lowest BCUT2D eigenvalue weighted by atomic mass is 10.1. The minimum absolute atomic E-state index is 0.0223. The molecule has 0 fully saturated rings. The zero-order valence-electron chi connectivity index (χ0n) is 9.71. The fourth-order valence-electron chi connectivity index (χ4n) is 1.86. The summed E-state index contributed by atoms with van der Waals surface area (Å²) in [5, 5.41) is 4.98. The van der Waals surface area contributed by atoms with Crippen LogP contribution in [0.5, 0.6) is 0 Å². The van der Waals surface area contributed by atoms with Crippen LogP contribution in [0.25, 0.3) is 12.2 Å². The summed E-state index contributed by atoms with van der Waals surface area (Å²) < 4.78 is 3.17. The van der Waals surface area contributed by atoms with E-state index in [0.29, 0.717) is 6.42 Å². The van der Waals surface area contributed by atoms with E-state index in [-0.39, 0.29) is 11.6 Å². The minimum Gasteiger partial charge on any atom is -0.367 e. The van der Waals surface area contributed by atoms with E-state index in [1.807, 2.05) is 12.2 Å². The highest BCUT2D eigenvalue weighted by Crippen LogP contribution is 1.94. The molecule has 90 valence electrons. The minimum atomic E-state index is -0.0655. The Morgan fingerprint density at radius 2 is 2.00 bits per heavy atom. The molecule has 0 atom stereocenters. The first kappa shape index (κ1) is 11.2. The molecular formula is C10H14N6O. The average Bonchev–Trinajstić information content (AvgIpc) is 2.54. The molecule has 1 aliphatic rings. The molecule has 17 heavy (non-hydrogen) atoms. The quantitative estimate of drug-likeness (QED) is 0.221. The smallest absolute Gasteiger partial charge is 0.328 e. The van der Waals surface area contributed by atoms with Crippen LogP contribution in [0, 0.1) is 0 Å². The lowest BCUT2D eigenvalue weighted by Crippen LogP contribution is -2.35. The summed E-state index contributed by atoms with van der Waals surface area (Å²) in [5.41, 5.74) is 6.09. The SMILES string of the molecule is Cn1c2c(n(C)c1=O)=CC(=NC(N)=NN)CC=2. The Balaban J connectivity index is 2.67. The third-order valence-corrected chi connectivity index (χ3v) is 2.76. The lowest BCUT2D eigenvalue weighted by molar-refractivity contribution is 0.762. The molecule has 0 saturated carbocycles. The Hall–Kier alpha value is -2.31. The average molecular weight is 234 g/mol. The predicted octanol–water partition coefficient (Wildman–Crippen LogP) is -2.68. The monoisotopic (exact) mass is 234 g/mol. The number of hydrogen-bond acceptors (Lipinski definition) is 3. The Bertz CT molecular complexity index is 688. The number of hydrogen-bond donors (Lipinski definition) is 2. The number of guanidine groups is 1. The van der Waals surface area contributed by atoms with Gasteiger partial charge in [0.2, 0.25) is 5.96 Å². The Kier molecular flexibility index (Phi) is 2.58. The van der Waals surface area contributed by atoms with Crippen molar-refractivity contribution in [2.24, 2.45) is 35.8 Å². The second kappa shape index (κ2) is 3.93. The number of fused-ring (bicyclic) bond motifs is 1. The molecule has 1 aromatic heterocycles. The molecule has 0 aliphatic heterocycles. The highest BCUT2D eigenvalue weighted by molar-refractivity contribution is 6.16. The molecule has 0 saturated heterocycles. The fourth-order valence-corrected chi connectivity index (χ4v) is 1.86. The molecule has 7 nitrogen and oxygen atoms in total. The van der Waals surface area contributed by atoms with E-state index in [4.69, 9.17) is 11.6 Å². The first-order valence-electron chi connectivity index (χ1n) is 5.09. The number of rotatable bonds is 0. The lowest BCUT2D eigenvalue weighted by Gasteiger charge is -2.01. The van der Waals surface area contributed by atoms with Gasteiger partial charge in [0, 0.05) is 20.5 Å². The molecule has 0 spiro atoms. The van der Waals surface area contributed by atoms with Crippen LogP contribution in [0.1, 0.15) is 6.42 Å². The summed E-state index contributed by atoms with van der Waals surface area (Å²) in [6.07, 6.45) is 4.34. The van der Waals surface area contributed by atoms with Crippen LogP contribution in [-0.4, -0.2) is 20.8 Å². The van der Waals surface area contributed by atoms with Gasteiger partial charge in [0.25, 0.3) is 0 Å². The molecule has 0 unspecified atom stereocenters. The standard InChI is InChI=1S/C10H14N6O/c1-15-7-4-3-6(13-9(11)14-12)5-8(7)16(2)10(15)17/h4-5H,3,12H2,1-2H3,(H2,11,14). The van der Waals surface area contributed by atoms with Gasteiger partial charge in [-0.2, -0.15) is 0 Å². The van der Waals surface area contributed by atoms with Gasteiger partial charge >= 0.3 is 5.69 Å². The van der Waals surface area contributed by atoms with Gasteiger partial charge in [-0.3, -0.25) is 9.13 Å². The van der Waals surface area contributed by atoms with E-state index < -0.39 is 0 Å². The van der Waals surface area contributed by atoms with E-state index in [0.717, 1.165) is 16.4 Å². The summed E-state index contributed by atoms with van der Waals surface area (Å²) >= 11 is 0. The van der Waals surface area contributed by atoms with E-state index in [2.05, 4.69) is 10.1 Å². The van der Waals surface area contributed by atoms with Gasteiger partial charge < -0.3 is 11.6 Å². The number of nitrogens with two attached hydrogens (primary N) is 2. The van der Waals surface area contributed by atoms with Crippen LogP contribution in [0.15, 0.2) is 14.9 Å². The maximum atomic E-state index is 11.7. The zero-order valence-corrected chi connectivity index (χ0v) is 9.71. The number of nitrogens with zero attached hydrogens (tertiary/aromatic N) is 4. The predicted molar refractivity (Wildman–Crippen MR) is 66.7 cm³/mol. The van der Waals surface area contributed by atoms with Crippen LogP contribution in [-0.2, 0) is 14.1 Å². The van der Waals surface area contributed by atoms with Gasteiger partial charge in [0.05, 0.1) is 16.4 Å². The second-order valence-corrected chi connectivity index (χ2v) is 3.81. The second-order valence-electron chi connectivity index (χ2n) is 3.81. The van der Waals surface area contributed by atoms with E-state index in [9.17, 15) is 4.79 Å². The number of imidazole rings is 1. The van der Waals surface area contributed by atoms with Crippen LogP contribution in [0.3, 0.4) is 0 Å². The summed E-state index contributed by atoms with van der Waals surface area (Å²) in [5.74, 6) is 5.04. The first-order valence-corrected chi connectivity index (χ1v) is 5.09. The van der Waals surface area contributed by atoms with Gasteiger partial charge in [0.15, 0.2) is 0 Å². The van der Waals surface area contributed by atoms with Crippen molar-refractivity contribution < 1.29 is 0 Å². The third kappa shape index (κ3) is 1.75. The van der Waals surface area contributed by atoms with Crippen molar-refractivity contribution in [2.75, 3.05) is 0 Å². The molecule has 0 aromatic carbocycles. The Morgan fingerprint density at radius 1 is 1.35 bits per heavy atom. The molecule has 1 heterocycles. The van der Waals surface area contributed by atoms with Gasteiger partial charge in [-0.15, -0.1) is 5.10 Å². The number of aliphatic imine (C=N–C) groups is 1. The number of hydrazone groups is 1. The van der Waals surface area contributed by atoms with Crippen molar-refractivity contribution in [3.8, 4) is 0 Å². The third-order valence-electron chi connectivity index (χ3n) is 2.76. The van der Waals surface area contributed by atoms with Crippen LogP contribution in [0.4, 0.5) is 0 Å². The van der Waals surface area contributed by atoms with Crippen molar-refractivity contribution in [1.29, 1.82) is 0 Å². The maximum Gasteiger partial charge on any atom is 0.328 e. The van der Waals surface area contributed by atoms with Crippen LogP contribution < -0.4 is 28.0 Å². The topological polar surface area (TPSA) is 104 Å². The van der Waals surface area contributed by atoms with E-state index >= 15 is 0 Å².